The summed E-state index contributed by atoms with van der Waals surface area (Å²) < 4.78 is 22.4. The Labute approximate surface area is 190 Å². The number of hydrogen-bond acceptors (Lipinski definition) is 7. The molecule has 2 aliphatic rings. The summed E-state index contributed by atoms with van der Waals surface area (Å²) in [7, 11) is 0. The van der Waals surface area contributed by atoms with Gasteiger partial charge in [0.1, 0.15) is 18.1 Å². The van der Waals surface area contributed by atoms with Crippen molar-refractivity contribution in [3.63, 3.8) is 0 Å². The fourth-order valence-electron chi connectivity index (χ4n) is 3.55. The van der Waals surface area contributed by atoms with Crippen LogP contribution in [0.4, 0.5) is 0 Å². The van der Waals surface area contributed by atoms with Crippen LogP contribution in [0.5, 0.6) is 11.5 Å². The second-order valence-corrected chi connectivity index (χ2v) is 8.93. The van der Waals surface area contributed by atoms with Gasteiger partial charge in [-0.1, -0.05) is 0 Å². The first kappa shape index (κ1) is 24.8. The predicted molar refractivity (Wildman–Crippen MR) is 121 cm³/mol. The summed E-state index contributed by atoms with van der Waals surface area (Å²) in [6.07, 6.45) is 4.13. The van der Waals surface area contributed by atoms with Crippen LogP contribution in [0.15, 0.2) is 18.2 Å². The molecule has 1 aliphatic carbocycles. The summed E-state index contributed by atoms with van der Waals surface area (Å²) in [6, 6.07) is 5.53. The second kappa shape index (κ2) is 12.4. The molecule has 1 unspecified atom stereocenters. The lowest BCUT2D eigenvalue weighted by molar-refractivity contribution is -0.127. The van der Waals surface area contributed by atoms with Crippen molar-refractivity contribution in [1.29, 1.82) is 0 Å². The molecule has 1 amide bonds. The van der Waals surface area contributed by atoms with Crippen molar-refractivity contribution >= 4 is 5.91 Å². The average molecular weight is 451 g/mol. The molecule has 8 nitrogen and oxygen atoms in total. The van der Waals surface area contributed by atoms with Crippen LogP contribution < -0.4 is 20.1 Å². The number of aliphatic hydroxyl groups is 1. The molecule has 3 N–H and O–H groups in total. The third-order valence-electron chi connectivity index (χ3n) is 5.67. The summed E-state index contributed by atoms with van der Waals surface area (Å²) >= 11 is 0. The van der Waals surface area contributed by atoms with Crippen LogP contribution in [-0.2, 0) is 14.3 Å². The molecule has 8 heteroatoms. The van der Waals surface area contributed by atoms with Gasteiger partial charge in [-0.15, -0.1) is 0 Å². The van der Waals surface area contributed by atoms with E-state index in [1.807, 2.05) is 19.1 Å². The minimum atomic E-state index is -1.38. The van der Waals surface area contributed by atoms with Gasteiger partial charge in [-0.3, -0.25) is 4.79 Å². The smallest absolute Gasteiger partial charge is 0.223 e. The van der Waals surface area contributed by atoms with Gasteiger partial charge in [-0.05, 0) is 62.3 Å². The Kier molecular flexibility index (Phi) is 9.59. The number of hydrogen-bond donors (Lipinski definition) is 3. The third kappa shape index (κ3) is 8.94. The molecule has 1 heterocycles. The Balaban J connectivity index is 1.31. The van der Waals surface area contributed by atoms with Crippen molar-refractivity contribution in [3.8, 4) is 11.5 Å². The lowest BCUT2D eigenvalue weighted by Crippen LogP contribution is -2.45. The van der Waals surface area contributed by atoms with E-state index in [1.165, 1.54) is 12.8 Å². The van der Waals surface area contributed by atoms with Gasteiger partial charge < -0.3 is 34.7 Å². The lowest BCUT2D eigenvalue weighted by Gasteiger charge is -2.26. The fraction of sp³-hybridized carbons (Fsp3) is 0.708. The minimum Gasteiger partial charge on any atom is -0.491 e. The summed E-state index contributed by atoms with van der Waals surface area (Å²) in [5.74, 6) is 0.844. The highest BCUT2D eigenvalue weighted by Gasteiger charge is 2.24. The monoisotopic (exact) mass is 450 g/mol. The molecule has 1 aromatic rings. The van der Waals surface area contributed by atoms with Crippen molar-refractivity contribution in [1.82, 2.24) is 10.6 Å². The quantitative estimate of drug-likeness (QED) is 0.295. The molecular formula is C24H38N2O6. The molecular weight excluding hydrogens is 412 g/mol. The maximum Gasteiger partial charge on any atom is 0.223 e. The highest BCUT2D eigenvalue weighted by molar-refractivity contribution is 5.78. The highest BCUT2D eigenvalue weighted by atomic mass is 16.6. The minimum absolute atomic E-state index is 0.0420. The van der Waals surface area contributed by atoms with Gasteiger partial charge in [0.25, 0.3) is 0 Å². The molecule has 180 valence electrons. The van der Waals surface area contributed by atoms with Gasteiger partial charge in [0.2, 0.25) is 11.7 Å². The first-order valence-electron chi connectivity index (χ1n) is 11.7. The molecule has 32 heavy (non-hydrogen) atoms. The van der Waals surface area contributed by atoms with E-state index in [0.717, 1.165) is 36.7 Å². The number of ether oxygens (including phenoxy) is 4. The van der Waals surface area contributed by atoms with Crippen molar-refractivity contribution in [3.05, 3.63) is 23.8 Å². The maximum atomic E-state index is 12.1. The second-order valence-electron chi connectivity index (χ2n) is 8.93. The van der Waals surface area contributed by atoms with E-state index in [-0.39, 0.29) is 18.4 Å². The standard InChI is InChI=1S/C24H38N2O6/c1-18-15-21(31-14-13-30-16-19-3-4-19)5-6-22(18)32-24(2,28)17-25-9-10-26-23(27)20-7-11-29-12-8-20/h5-6,15,19-20,25,28H,3-4,7-14,16-17H2,1-2H3,(H,26,27). The van der Waals surface area contributed by atoms with E-state index in [1.54, 1.807) is 13.0 Å². The van der Waals surface area contributed by atoms with Crippen molar-refractivity contribution in [2.75, 3.05) is 52.7 Å². The topological polar surface area (TPSA) is 98.3 Å². The van der Waals surface area contributed by atoms with E-state index in [2.05, 4.69) is 10.6 Å². The Morgan fingerprint density at radius 2 is 1.97 bits per heavy atom. The van der Waals surface area contributed by atoms with Crippen molar-refractivity contribution < 1.29 is 28.8 Å². The third-order valence-corrected chi connectivity index (χ3v) is 5.67. The number of carbonyl (C=O) groups is 1. The predicted octanol–water partition coefficient (Wildman–Crippen LogP) is 2.02. The zero-order chi connectivity index (χ0) is 22.8. The van der Waals surface area contributed by atoms with Crippen molar-refractivity contribution in [2.24, 2.45) is 11.8 Å². The zero-order valence-electron chi connectivity index (χ0n) is 19.4. The van der Waals surface area contributed by atoms with Gasteiger partial charge >= 0.3 is 0 Å². The average Bonchev–Trinajstić information content (AvgIpc) is 3.60. The van der Waals surface area contributed by atoms with E-state index in [0.29, 0.717) is 45.3 Å². The first-order valence-corrected chi connectivity index (χ1v) is 11.7. The molecule has 0 aromatic heterocycles. The van der Waals surface area contributed by atoms with Gasteiger partial charge in [0, 0.05) is 45.8 Å². The van der Waals surface area contributed by atoms with E-state index >= 15 is 0 Å². The van der Waals surface area contributed by atoms with Crippen LogP contribution in [0.25, 0.3) is 0 Å². The molecule has 0 spiro atoms. The Bertz CT molecular complexity index is 716. The molecule has 1 saturated carbocycles. The number of benzene rings is 1. The molecule has 2 fully saturated rings. The van der Waals surface area contributed by atoms with E-state index in [4.69, 9.17) is 18.9 Å². The normalized spacial score (nSPS) is 18.7. The van der Waals surface area contributed by atoms with Gasteiger partial charge in [0.05, 0.1) is 13.2 Å². The number of nitrogens with one attached hydrogen (secondary N) is 2. The summed E-state index contributed by atoms with van der Waals surface area (Å²) in [4.78, 5) is 12.1. The molecule has 1 saturated heterocycles. The van der Waals surface area contributed by atoms with Gasteiger partial charge in [-0.2, -0.15) is 0 Å². The Morgan fingerprint density at radius 3 is 2.69 bits per heavy atom. The Hall–Kier alpha value is -1.87. The molecule has 1 atom stereocenters. The number of rotatable bonds is 14. The molecule has 0 radical (unpaired) electrons. The Morgan fingerprint density at radius 1 is 1.19 bits per heavy atom. The van der Waals surface area contributed by atoms with E-state index in [9.17, 15) is 9.90 Å². The fourth-order valence-corrected chi connectivity index (χ4v) is 3.55. The lowest BCUT2D eigenvalue weighted by atomic mass is 9.99. The van der Waals surface area contributed by atoms with Crippen LogP contribution in [0.2, 0.25) is 0 Å². The SMILES string of the molecule is Cc1cc(OCCOCC2CC2)ccc1OC(C)(O)CNCCNC(=O)C1CCOCC1. The van der Waals surface area contributed by atoms with Crippen LogP contribution in [0, 0.1) is 18.8 Å². The zero-order valence-corrected chi connectivity index (χ0v) is 19.4. The highest BCUT2D eigenvalue weighted by Crippen LogP contribution is 2.29. The number of amides is 1. The number of carbonyl (C=O) groups excluding carboxylic acids is 1. The largest absolute Gasteiger partial charge is 0.491 e. The van der Waals surface area contributed by atoms with Crippen LogP contribution >= 0.6 is 0 Å². The maximum absolute atomic E-state index is 12.1. The van der Waals surface area contributed by atoms with Crippen LogP contribution in [0.3, 0.4) is 0 Å². The summed E-state index contributed by atoms with van der Waals surface area (Å²) in [6.45, 7) is 8.04. The van der Waals surface area contributed by atoms with Gasteiger partial charge in [0.15, 0.2) is 0 Å². The summed E-state index contributed by atoms with van der Waals surface area (Å²) in [5, 5.41) is 16.7. The molecule has 1 aromatic carbocycles. The van der Waals surface area contributed by atoms with Crippen molar-refractivity contribution in [2.45, 2.75) is 45.3 Å². The molecule has 3 rings (SSSR count). The van der Waals surface area contributed by atoms with E-state index < -0.39 is 5.79 Å². The van der Waals surface area contributed by atoms with Crippen LogP contribution in [-0.4, -0.2) is 69.5 Å². The van der Waals surface area contributed by atoms with Crippen LogP contribution in [0.1, 0.15) is 38.2 Å². The first-order chi connectivity index (χ1) is 15.4. The number of aryl methyl sites for hydroxylation is 1. The summed E-state index contributed by atoms with van der Waals surface area (Å²) in [5.41, 5.74) is 0.880. The van der Waals surface area contributed by atoms with Gasteiger partial charge in [-0.25, -0.2) is 0 Å². The molecule has 1 aliphatic heterocycles. The molecule has 0 bridgehead atoms.